The van der Waals surface area contributed by atoms with Crippen LogP contribution >= 0.6 is 0 Å². The van der Waals surface area contributed by atoms with E-state index in [0.717, 1.165) is 11.8 Å². The van der Waals surface area contributed by atoms with Crippen molar-refractivity contribution >= 4 is 27.8 Å². The van der Waals surface area contributed by atoms with Gasteiger partial charge in [-0.2, -0.15) is 0 Å². The van der Waals surface area contributed by atoms with E-state index in [4.69, 9.17) is 4.74 Å². The predicted molar refractivity (Wildman–Crippen MR) is 140 cm³/mol. The van der Waals surface area contributed by atoms with Crippen molar-refractivity contribution in [2.75, 3.05) is 33.0 Å². The van der Waals surface area contributed by atoms with Crippen molar-refractivity contribution in [2.45, 2.75) is 38.0 Å². The molecule has 9 nitrogen and oxygen atoms in total. The molecule has 11 heteroatoms. The number of rotatable bonds is 8. The molecule has 0 radical (unpaired) electrons. The Morgan fingerprint density at radius 3 is 2.46 bits per heavy atom. The molecule has 2 aromatic rings. The van der Waals surface area contributed by atoms with Crippen molar-refractivity contribution in [1.29, 1.82) is 0 Å². The number of benzene rings is 2. The molecule has 2 amide bonds. The number of nitrogens with one attached hydrogen (secondary N) is 2. The van der Waals surface area contributed by atoms with Crippen molar-refractivity contribution < 1.29 is 27.1 Å². The zero-order valence-corrected chi connectivity index (χ0v) is 22.1. The molecular formula is C26H33FN4O5S. The summed E-state index contributed by atoms with van der Waals surface area (Å²) in [5, 5.41) is 5.60. The number of para-hydroxylation sites is 1. The number of amides is 2. The molecule has 1 heterocycles. The van der Waals surface area contributed by atoms with Crippen molar-refractivity contribution in [1.82, 2.24) is 15.5 Å². The van der Waals surface area contributed by atoms with Crippen LogP contribution < -0.4 is 15.4 Å². The largest absolute Gasteiger partial charge is 0.496 e. The van der Waals surface area contributed by atoms with E-state index in [1.165, 1.54) is 19.2 Å². The SMILES string of the molecule is CCCC(=O)NC(=NS(C)(=O)=O)N1CCC(CNC(=O)c2ccccc2OC)(c2cccc(F)c2)CC1. The van der Waals surface area contributed by atoms with Crippen LogP contribution in [0.15, 0.2) is 52.9 Å². The number of halogens is 1. The van der Waals surface area contributed by atoms with Gasteiger partial charge in [-0.3, -0.25) is 14.9 Å². The average Bonchev–Trinajstić information content (AvgIpc) is 2.86. The summed E-state index contributed by atoms with van der Waals surface area (Å²) < 4.78 is 47.1. The van der Waals surface area contributed by atoms with Gasteiger partial charge >= 0.3 is 0 Å². The summed E-state index contributed by atoms with van der Waals surface area (Å²) >= 11 is 0. The van der Waals surface area contributed by atoms with Gasteiger partial charge < -0.3 is 15.0 Å². The summed E-state index contributed by atoms with van der Waals surface area (Å²) in [6.45, 7) is 2.74. The zero-order chi connectivity index (χ0) is 27.1. The van der Waals surface area contributed by atoms with E-state index in [1.54, 1.807) is 35.2 Å². The Balaban J connectivity index is 1.85. The number of nitrogens with zero attached hydrogens (tertiary/aromatic N) is 2. The number of hydrogen-bond acceptors (Lipinski definition) is 5. The first-order valence-corrected chi connectivity index (χ1v) is 13.9. The van der Waals surface area contributed by atoms with Gasteiger partial charge in [0.05, 0.1) is 18.9 Å². The van der Waals surface area contributed by atoms with E-state index < -0.39 is 15.4 Å². The first-order valence-electron chi connectivity index (χ1n) is 12.1. The van der Waals surface area contributed by atoms with Gasteiger partial charge in [0.15, 0.2) is 0 Å². The zero-order valence-electron chi connectivity index (χ0n) is 21.3. The van der Waals surface area contributed by atoms with Gasteiger partial charge in [0.25, 0.3) is 15.9 Å². The van der Waals surface area contributed by atoms with Gasteiger partial charge in [-0.1, -0.05) is 31.2 Å². The highest BCUT2D eigenvalue weighted by molar-refractivity contribution is 7.89. The molecule has 2 aromatic carbocycles. The molecule has 200 valence electrons. The molecule has 0 aliphatic carbocycles. The molecule has 37 heavy (non-hydrogen) atoms. The van der Waals surface area contributed by atoms with Crippen molar-refractivity contribution in [3.05, 3.63) is 65.5 Å². The molecule has 0 spiro atoms. The number of carbonyl (C=O) groups excluding carboxylic acids is 2. The highest BCUT2D eigenvalue weighted by Crippen LogP contribution is 2.36. The molecule has 2 N–H and O–H groups in total. The van der Waals surface area contributed by atoms with Crippen LogP contribution in [0.5, 0.6) is 5.75 Å². The summed E-state index contributed by atoms with van der Waals surface area (Å²) in [6.07, 6.45) is 2.71. The van der Waals surface area contributed by atoms with Crippen molar-refractivity contribution in [3.8, 4) is 5.75 Å². The Hall–Kier alpha value is -3.47. The molecule has 1 aliphatic heterocycles. The third-order valence-electron chi connectivity index (χ3n) is 6.38. The van der Waals surface area contributed by atoms with E-state index in [-0.39, 0.29) is 36.6 Å². The third-order valence-corrected chi connectivity index (χ3v) is 6.88. The van der Waals surface area contributed by atoms with Crippen LogP contribution in [0.2, 0.25) is 0 Å². The minimum Gasteiger partial charge on any atom is -0.496 e. The van der Waals surface area contributed by atoms with E-state index in [9.17, 15) is 22.4 Å². The van der Waals surface area contributed by atoms with Gasteiger partial charge in [0.2, 0.25) is 11.9 Å². The Kier molecular flexibility index (Phi) is 9.25. The minimum absolute atomic E-state index is 0.0214. The van der Waals surface area contributed by atoms with Gasteiger partial charge in [-0.05, 0) is 49.1 Å². The van der Waals surface area contributed by atoms with Gasteiger partial charge in [0, 0.05) is 31.5 Å². The number of methoxy groups -OCH3 is 1. The molecule has 1 aliphatic rings. The molecule has 3 rings (SSSR count). The molecule has 0 atom stereocenters. The lowest BCUT2D eigenvalue weighted by atomic mass is 9.72. The van der Waals surface area contributed by atoms with Crippen LogP contribution in [0.25, 0.3) is 0 Å². The first-order chi connectivity index (χ1) is 17.6. The maximum Gasteiger partial charge on any atom is 0.255 e. The summed E-state index contributed by atoms with van der Waals surface area (Å²) in [7, 11) is -2.27. The van der Waals surface area contributed by atoms with Crippen LogP contribution in [0, 0.1) is 5.82 Å². The first kappa shape index (κ1) is 28.1. The summed E-state index contributed by atoms with van der Waals surface area (Å²) in [4.78, 5) is 26.9. The van der Waals surface area contributed by atoms with Crippen LogP contribution in [0.1, 0.15) is 48.5 Å². The maximum absolute atomic E-state index is 14.2. The number of piperidine rings is 1. The molecular weight excluding hydrogens is 499 g/mol. The third kappa shape index (κ3) is 7.51. The van der Waals surface area contributed by atoms with Crippen molar-refractivity contribution in [3.63, 3.8) is 0 Å². The van der Waals surface area contributed by atoms with Gasteiger partial charge in [-0.15, -0.1) is 4.40 Å². The van der Waals surface area contributed by atoms with E-state index in [1.807, 2.05) is 13.0 Å². The summed E-state index contributed by atoms with van der Waals surface area (Å²) in [5.74, 6) is -0.606. The number of carbonyl (C=O) groups is 2. The Labute approximate surface area is 217 Å². The standard InChI is InChI=1S/C26H33FN4O5S/c1-4-8-23(32)29-25(30-37(3,34)35)31-15-13-26(14-16-31,19-9-7-10-20(27)17-19)18-28-24(33)21-11-5-6-12-22(21)36-2/h5-7,9-12,17H,4,8,13-16,18H2,1-3H3,(H,28,33)(H,29,30,32). The Bertz CT molecular complexity index is 1260. The van der Waals surface area contributed by atoms with E-state index >= 15 is 0 Å². The number of likely N-dealkylation sites (tertiary alicyclic amines) is 1. The second kappa shape index (κ2) is 12.2. The van der Waals surface area contributed by atoms with Crippen LogP contribution in [0.3, 0.4) is 0 Å². The highest BCUT2D eigenvalue weighted by Gasteiger charge is 2.38. The van der Waals surface area contributed by atoms with Gasteiger partial charge in [-0.25, -0.2) is 12.8 Å². The van der Waals surface area contributed by atoms with E-state index in [2.05, 4.69) is 15.0 Å². The van der Waals surface area contributed by atoms with Crippen LogP contribution in [-0.2, 0) is 20.2 Å². The average molecular weight is 533 g/mol. The van der Waals surface area contributed by atoms with Crippen molar-refractivity contribution in [2.24, 2.45) is 4.40 Å². The number of ether oxygens (including phenoxy) is 1. The minimum atomic E-state index is -3.77. The quantitative estimate of drug-likeness (QED) is 0.399. The Morgan fingerprint density at radius 1 is 1.14 bits per heavy atom. The second-order valence-corrected chi connectivity index (χ2v) is 10.8. The monoisotopic (exact) mass is 532 g/mol. The number of guanidine groups is 1. The fourth-order valence-corrected chi connectivity index (χ4v) is 4.92. The molecule has 0 unspecified atom stereocenters. The lowest BCUT2D eigenvalue weighted by Gasteiger charge is -2.43. The summed E-state index contributed by atoms with van der Waals surface area (Å²) in [6, 6.07) is 13.1. The topological polar surface area (TPSA) is 117 Å². The summed E-state index contributed by atoms with van der Waals surface area (Å²) in [5.41, 5.74) is 0.488. The van der Waals surface area contributed by atoms with Crippen LogP contribution in [0.4, 0.5) is 4.39 Å². The smallest absolute Gasteiger partial charge is 0.255 e. The molecule has 0 aromatic heterocycles. The lowest BCUT2D eigenvalue weighted by molar-refractivity contribution is -0.119. The Morgan fingerprint density at radius 2 is 1.84 bits per heavy atom. The highest BCUT2D eigenvalue weighted by atomic mass is 32.2. The normalized spacial score (nSPS) is 15.7. The second-order valence-electron chi connectivity index (χ2n) is 9.11. The molecule has 1 fully saturated rings. The molecule has 0 saturated carbocycles. The fourth-order valence-electron chi connectivity index (χ4n) is 4.44. The molecule has 0 bridgehead atoms. The number of sulfonamides is 1. The van der Waals surface area contributed by atoms with Crippen LogP contribution in [-0.4, -0.2) is 64.1 Å². The predicted octanol–water partition coefficient (Wildman–Crippen LogP) is 2.83. The van der Waals surface area contributed by atoms with E-state index in [0.29, 0.717) is 43.7 Å². The molecule has 1 saturated heterocycles. The van der Waals surface area contributed by atoms with Gasteiger partial charge in [0.1, 0.15) is 11.6 Å². The number of hydrogen-bond donors (Lipinski definition) is 2. The lowest BCUT2D eigenvalue weighted by Crippen LogP contribution is -2.53. The fraction of sp³-hybridized carbons (Fsp3) is 0.423. The maximum atomic E-state index is 14.2.